The number of rotatable bonds is 4. The van der Waals surface area contributed by atoms with Gasteiger partial charge in [0.25, 0.3) is 5.91 Å². The van der Waals surface area contributed by atoms with Crippen LogP contribution in [-0.2, 0) is 10.2 Å². The molecule has 126 valence electrons. The van der Waals surface area contributed by atoms with E-state index in [2.05, 4.69) is 36.9 Å². The average Bonchev–Trinajstić information content (AvgIpc) is 2.53. The third kappa shape index (κ3) is 4.59. The summed E-state index contributed by atoms with van der Waals surface area (Å²) in [4.78, 5) is 23.5. The molecule has 5 nitrogen and oxygen atoms in total. The third-order valence-corrected chi connectivity index (χ3v) is 3.56. The fraction of sp³-hybridized carbons (Fsp3) is 0.263. The lowest BCUT2D eigenvalue weighted by Crippen LogP contribution is -2.27. The number of para-hydroxylation sites is 2. The standard InChI is InChI=1S/C19H23N3O2/c1-13(23)21-22-17-8-6-5-7-16(17)20-18(24)14-9-11-15(12-10-14)19(2,3)4/h5-12,22H,1-4H3,(H,20,24)(H,21,23). The van der Waals surface area contributed by atoms with Gasteiger partial charge in [-0.1, -0.05) is 45.0 Å². The second kappa shape index (κ2) is 7.17. The lowest BCUT2D eigenvalue weighted by atomic mass is 9.87. The van der Waals surface area contributed by atoms with E-state index in [1.807, 2.05) is 36.4 Å². The molecule has 0 spiro atoms. The number of anilines is 2. The van der Waals surface area contributed by atoms with Crippen molar-refractivity contribution in [1.29, 1.82) is 0 Å². The summed E-state index contributed by atoms with van der Waals surface area (Å²) in [7, 11) is 0. The summed E-state index contributed by atoms with van der Waals surface area (Å²) in [6.07, 6.45) is 0. The summed E-state index contributed by atoms with van der Waals surface area (Å²) in [5, 5.41) is 2.86. The molecular weight excluding hydrogens is 302 g/mol. The minimum Gasteiger partial charge on any atom is -0.320 e. The highest BCUT2D eigenvalue weighted by molar-refractivity contribution is 6.06. The van der Waals surface area contributed by atoms with Crippen molar-refractivity contribution in [2.75, 3.05) is 10.7 Å². The van der Waals surface area contributed by atoms with Crippen LogP contribution in [0.1, 0.15) is 43.6 Å². The normalized spacial score (nSPS) is 10.8. The number of hydrogen-bond donors (Lipinski definition) is 3. The van der Waals surface area contributed by atoms with Crippen molar-refractivity contribution in [3.63, 3.8) is 0 Å². The first-order chi connectivity index (χ1) is 11.3. The van der Waals surface area contributed by atoms with Crippen LogP contribution in [0.15, 0.2) is 48.5 Å². The van der Waals surface area contributed by atoms with Gasteiger partial charge in [-0.25, -0.2) is 0 Å². The van der Waals surface area contributed by atoms with Crippen LogP contribution >= 0.6 is 0 Å². The highest BCUT2D eigenvalue weighted by Crippen LogP contribution is 2.24. The first-order valence-electron chi connectivity index (χ1n) is 7.81. The second-order valence-corrected chi connectivity index (χ2v) is 6.63. The molecule has 0 saturated carbocycles. The Labute approximate surface area is 142 Å². The smallest absolute Gasteiger partial charge is 0.255 e. The van der Waals surface area contributed by atoms with Gasteiger partial charge in [0, 0.05) is 12.5 Å². The van der Waals surface area contributed by atoms with Crippen LogP contribution in [0.4, 0.5) is 11.4 Å². The maximum atomic E-state index is 12.4. The van der Waals surface area contributed by atoms with Crippen LogP contribution in [0.2, 0.25) is 0 Å². The molecule has 2 aromatic carbocycles. The molecule has 0 heterocycles. The quantitative estimate of drug-likeness (QED) is 0.751. The Balaban J connectivity index is 2.13. The van der Waals surface area contributed by atoms with Crippen molar-refractivity contribution in [2.24, 2.45) is 0 Å². The molecule has 0 radical (unpaired) electrons. The molecule has 2 aromatic rings. The van der Waals surface area contributed by atoms with Gasteiger partial charge < -0.3 is 5.32 Å². The van der Waals surface area contributed by atoms with Crippen molar-refractivity contribution in [1.82, 2.24) is 5.43 Å². The molecular formula is C19H23N3O2. The van der Waals surface area contributed by atoms with Gasteiger partial charge in [0.05, 0.1) is 11.4 Å². The van der Waals surface area contributed by atoms with Crippen LogP contribution < -0.4 is 16.2 Å². The third-order valence-electron chi connectivity index (χ3n) is 3.56. The van der Waals surface area contributed by atoms with Crippen molar-refractivity contribution in [2.45, 2.75) is 33.1 Å². The molecule has 0 atom stereocenters. The van der Waals surface area contributed by atoms with E-state index in [4.69, 9.17) is 0 Å². The van der Waals surface area contributed by atoms with Gasteiger partial charge in [0.2, 0.25) is 5.91 Å². The van der Waals surface area contributed by atoms with E-state index in [9.17, 15) is 9.59 Å². The zero-order chi connectivity index (χ0) is 17.7. The molecule has 0 aliphatic rings. The van der Waals surface area contributed by atoms with Gasteiger partial charge in [0.15, 0.2) is 0 Å². The number of amides is 2. The zero-order valence-corrected chi connectivity index (χ0v) is 14.4. The van der Waals surface area contributed by atoms with E-state index < -0.39 is 0 Å². The molecule has 0 unspecified atom stereocenters. The Hall–Kier alpha value is -2.82. The van der Waals surface area contributed by atoms with Gasteiger partial charge in [0.1, 0.15) is 0 Å². The summed E-state index contributed by atoms with van der Waals surface area (Å²) >= 11 is 0. The van der Waals surface area contributed by atoms with Crippen LogP contribution in [0.3, 0.4) is 0 Å². The zero-order valence-electron chi connectivity index (χ0n) is 14.4. The number of carbonyl (C=O) groups excluding carboxylic acids is 2. The Morgan fingerprint density at radius 2 is 1.46 bits per heavy atom. The predicted octanol–water partition coefficient (Wildman–Crippen LogP) is 3.70. The Bertz CT molecular complexity index is 731. The summed E-state index contributed by atoms with van der Waals surface area (Å²) in [5.41, 5.74) is 8.29. The summed E-state index contributed by atoms with van der Waals surface area (Å²) in [5.74, 6) is -0.415. The minimum absolute atomic E-state index is 0.0455. The Morgan fingerprint density at radius 3 is 2.00 bits per heavy atom. The monoisotopic (exact) mass is 325 g/mol. The van der Waals surface area contributed by atoms with Gasteiger partial charge in [-0.05, 0) is 35.2 Å². The van der Waals surface area contributed by atoms with Crippen LogP contribution in [0, 0.1) is 0 Å². The fourth-order valence-electron chi connectivity index (χ4n) is 2.17. The molecule has 3 N–H and O–H groups in total. The minimum atomic E-state index is -0.214. The number of benzene rings is 2. The highest BCUT2D eigenvalue weighted by Gasteiger charge is 2.15. The van der Waals surface area contributed by atoms with Crippen LogP contribution in [0.25, 0.3) is 0 Å². The van der Waals surface area contributed by atoms with Crippen LogP contribution in [0.5, 0.6) is 0 Å². The van der Waals surface area contributed by atoms with E-state index in [1.54, 1.807) is 12.1 Å². The topological polar surface area (TPSA) is 70.2 Å². The van der Waals surface area contributed by atoms with Gasteiger partial charge in [-0.3, -0.25) is 20.4 Å². The number of carbonyl (C=O) groups is 2. The first kappa shape index (κ1) is 17.5. The largest absolute Gasteiger partial charge is 0.320 e. The molecule has 0 fully saturated rings. The maximum Gasteiger partial charge on any atom is 0.255 e. The van der Waals surface area contributed by atoms with Gasteiger partial charge in [-0.15, -0.1) is 0 Å². The number of hydrazine groups is 1. The Kier molecular flexibility index (Phi) is 5.24. The van der Waals surface area contributed by atoms with E-state index in [-0.39, 0.29) is 17.2 Å². The Morgan fingerprint density at radius 1 is 0.875 bits per heavy atom. The molecule has 0 saturated heterocycles. The summed E-state index contributed by atoms with van der Waals surface area (Å²) < 4.78 is 0. The summed E-state index contributed by atoms with van der Waals surface area (Å²) in [6.45, 7) is 7.80. The summed E-state index contributed by atoms with van der Waals surface area (Å²) in [6, 6.07) is 14.8. The lowest BCUT2D eigenvalue weighted by molar-refractivity contribution is -0.118. The molecule has 2 rings (SSSR count). The SMILES string of the molecule is CC(=O)NNc1ccccc1NC(=O)c1ccc(C(C)(C)C)cc1. The molecule has 24 heavy (non-hydrogen) atoms. The van der Waals surface area contributed by atoms with Crippen molar-refractivity contribution in [3.8, 4) is 0 Å². The molecule has 0 aliphatic heterocycles. The molecule has 0 bridgehead atoms. The average molecular weight is 325 g/mol. The van der Waals surface area contributed by atoms with Crippen molar-refractivity contribution in [3.05, 3.63) is 59.7 Å². The van der Waals surface area contributed by atoms with Crippen molar-refractivity contribution < 1.29 is 9.59 Å². The fourth-order valence-corrected chi connectivity index (χ4v) is 2.17. The number of hydrogen-bond acceptors (Lipinski definition) is 3. The van der Waals surface area contributed by atoms with E-state index in [0.717, 1.165) is 0 Å². The van der Waals surface area contributed by atoms with Crippen LogP contribution in [-0.4, -0.2) is 11.8 Å². The predicted molar refractivity (Wildman–Crippen MR) is 97.0 cm³/mol. The number of nitrogens with one attached hydrogen (secondary N) is 3. The molecule has 2 amide bonds. The van der Waals surface area contributed by atoms with E-state index in [0.29, 0.717) is 16.9 Å². The van der Waals surface area contributed by atoms with E-state index in [1.165, 1.54) is 12.5 Å². The first-order valence-corrected chi connectivity index (χ1v) is 7.81. The molecule has 5 heteroatoms. The molecule has 0 aromatic heterocycles. The highest BCUT2D eigenvalue weighted by atomic mass is 16.2. The van der Waals surface area contributed by atoms with Crippen molar-refractivity contribution >= 4 is 23.2 Å². The van der Waals surface area contributed by atoms with Gasteiger partial charge in [-0.2, -0.15) is 0 Å². The van der Waals surface area contributed by atoms with E-state index >= 15 is 0 Å². The maximum absolute atomic E-state index is 12.4. The molecule has 0 aliphatic carbocycles. The van der Waals surface area contributed by atoms with Gasteiger partial charge >= 0.3 is 0 Å². The lowest BCUT2D eigenvalue weighted by Gasteiger charge is -2.19. The second-order valence-electron chi connectivity index (χ2n) is 6.63.